The lowest BCUT2D eigenvalue weighted by molar-refractivity contribution is -0.124. The molecule has 0 aliphatic rings. The van der Waals surface area contributed by atoms with Gasteiger partial charge in [0.05, 0.1) is 29.6 Å². The first-order valence-electron chi connectivity index (χ1n) is 13.8. The van der Waals surface area contributed by atoms with Crippen LogP contribution in [0.15, 0.2) is 89.8 Å². The molecule has 0 saturated carbocycles. The third kappa shape index (κ3) is 8.48. The summed E-state index contributed by atoms with van der Waals surface area (Å²) in [6.45, 7) is 3.32. The highest BCUT2D eigenvalue weighted by Gasteiger charge is 2.27. The summed E-state index contributed by atoms with van der Waals surface area (Å²) in [6.07, 6.45) is 0. The molecule has 0 fully saturated rings. The van der Waals surface area contributed by atoms with Gasteiger partial charge in [0, 0.05) is 37.1 Å². The van der Waals surface area contributed by atoms with E-state index in [1.807, 2.05) is 49.4 Å². The van der Waals surface area contributed by atoms with Gasteiger partial charge in [0.25, 0.3) is 5.91 Å². The molecule has 9 nitrogen and oxygen atoms in total. The lowest BCUT2D eigenvalue weighted by Crippen LogP contribution is -2.41. The van der Waals surface area contributed by atoms with Crippen LogP contribution < -0.4 is 26.4 Å². The molecular formula is C32H35N5O4S. The van der Waals surface area contributed by atoms with Crippen molar-refractivity contribution < 1.29 is 19.1 Å². The summed E-state index contributed by atoms with van der Waals surface area (Å²) >= 11 is 1.38. The summed E-state index contributed by atoms with van der Waals surface area (Å²) in [4.78, 5) is 43.9. The molecule has 4 rings (SSSR count). The Kier molecular flexibility index (Phi) is 11.2. The van der Waals surface area contributed by atoms with E-state index >= 15 is 0 Å². The molecule has 0 unspecified atom stereocenters. The molecule has 0 radical (unpaired) electrons. The van der Waals surface area contributed by atoms with Gasteiger partial charge in [-0.15, -0.1) is 11.3 Å². The van der Waals surface area contributed by atoms with Crippen LogP contribution in [0.4, 0.5) is 0 Å². The fraction of sp³-hybridized carbons (Fsp3) is 0.250. The SMILES string of the molecule is CCOc1ccc([C@@H](CNC(=O)c2ccccc2)C(=O)NC[C@H](C(=O)NCc2ccc(CN)cc2)c2cscn2)cc1. The normalized spacial score (nSPS) is 12.1. The first kappa shape index (κ1) is 30.4. The van der Waals surface area contributed by atoms with Gasteiger partial charge in [-0.05, 0) is 47.9 Å². The van der Waals surface area contributed by atoms with Crippen LogP contribution in [-0.2, 0) is 22.7 Å². The zero-order chi connectivity index (χ0) is 29.7. The fourth-order valence-electron chi connectivity index (χ4n) is 4.37. The van der Waals surface area contributed by atoms with Crippen molar-refractivity contribution in [1.82, 2.24) is 20.9 Å². The lowest BCUT2D eigenvalue weighted by Gasteiger charge is -2.21. The molecule has 218 valence electrons. The minimum atomic E-state index is -0.700. The summed E-state index contributed by atoms with van der Waals surface area (Å²) in [6, 6.07) is 23.7. The van der Waals surface area contributed by atoms with Crippen molar-refractivity contribution in [2.24, 2.45) is 5.73 Å². The Morgan fingerprint density at radius 1 is 0.833 bits per heavy atom. The maximum absolute atomic E-state index is 13.6. The van der Waals surface area contributed by atoms with Gasteiger partial charge in [-0.2, -0.15) is 0 Å². The van der Waals surface area contributed by atoms with Crippen molar-refractivity contribution in [3.63, 3.8) is 0 Å². The maximum Gasteiger partial charge on any atom is 0.251 e. The Balaban J connectivity index is 1.45. The quantitative estimate of drug-likeness (QED) is 0.178. The first-order valence-corrected chi connectivity index (χ1v) is 14.7. The second kappa shape index (κ2) is 15.5. The standard InChI is InChI=1S/C32H35N5O4S/c1-2-41-26-14-12-24(13-15-26)27(18-35-30(38)25-6-4-3-5-7-25)31(39)36-19-28(29-20-42-21-37-29)32(40)34-17-23-10-8-22(16-33)9-11-23/h3-15,20-21,27-28H,2,16-19,33H2,1H3,(H,34,40)(H,35,38)(H,36,39)/t27-,28+/m1/s1. The number of thiazole rings is 1. The summed E-state index contributed by atoms with van der Waals surface area (Å²) < 4.78 is 5.54. The molecule has 0 bridgehead atoms. The van der Waals surface area contributed by atoms with E-state index in [1.165, 1.54) is 11.3 Å². The Morgan fingerprint density at radius 3 is 2.14 bits per heavy atom. The third-order valence-electron chi connectivity index (χ3n) is 6.74. The van der Waals surface area contributed by atoms with E-state index in [9.17, 15) is 14.4 Å². The highest BCUT2D eigenvalue weighted by atomic mass is 32.1. The Labute approximate surface area is 249 Å². The Bertz CT molecular complexity index is 1430. The fourth-order valence-corrected chi connectivity index (χ4v) is 4.98. The predicted octanol–water partition coefficient (Wildman–Crippen LogP) is 3.73. The third-order valence-corrected chi connectivity index (χ3v) is 7.35. The lowest BCUT2D eigenvalue weighted by atomic mass is 9.97. The number of carbonyl (C=O) groups excluding carboxylic acids is 3. The number of benzene rings is 3. The molecular weight excluding hydrogens is 550 g/mol. The summed E-state index contributed by atoms with van der Waals surface area (Å²) in [7, 11) is 0. The zero-order valence-corrected chi connectivity index (χ0v) is 24.2. The summed E-state index contributed by atoms with van der Waals surface area (Å²) in [5.41, 5.74) is 11.1. The number of nitrogens with one attached hydrogen (secondary N) is 3. The molecule has 0 aliphatic carbocycles. The van der Waals surface area contributed by atoms with Crippen molar-refractivity contribution in [2.45, 2.75) is 31.8 Å². The molecule has 0 saturated heterocycles. The number of nitrogens with zero attached hydrogens (tertiary/aromatic N) is 1. The van der Waals surface area contributed by atoms with Crippen molar-refractivity contribution >= 4 is 29.1 Å². The van der Waals surface area contributed by atoms with Crippen LogP contribution in [0.3, 0.4) is 0 Å². The highest BCUT2D eigenvalue weighted by Crippen LogP contribution is 2.21. The minimum absolute atomic E-state index is 0.0423. The molecule has 0 spiro atoms. The Morgan fingerprint density at radius 2 is 1.50 bits per heavy atom. The van der Waals surface area contributed by atoms with E-state index in [0.29, 0.717) is 42.3 Å². The van der Waals surface area contributed by atoms with E-state index in [2.05, 4.69) is 20.9 Å². The molecule has 10 heteroatoms. The van der Waals surface area contributed by atoms with Crippen molar-refractivity contribution in [3.05, 3.63) is 118 Å². The van der Waals surface area contributed by atoms with Crippen molar-refractivity contribution in [2.75, 3.05) is 19.7 Å². The van der Waals surface area contributed by atoms with Gasteiger partial charge < -0.3 is 26.4 Å². The number of nitrogens with two attached hydrogens (primary N) is 1. The topological polar surface area (TPSA) is 135 Å². The number of hydrogen-bond acceptors (Lipinski definition) is 7. The average molecular weight is 586 g/mol. The number of rotatable bonds is 14. The van der Waals surface area contributed by atoms with Gasteiger partial charge in [-0.1, -0.05) is 54.6 Å². The van der Waals surface area contributed by atoms with Crippen LogP contribution in [0, 0.1) is 0 Å². The van der Waals surface area contributed by atoms with E-state index in [-0.39, 0.29) is 30.8 Å². The number of aromatic nitrogens is 1. The highest BCUT2D eigenvalue weighted by molar-refractivity contribution is 7.07. The molecule has 5 N–H and O–H groups in total. The van der Waals surface area contributed by atoms with Crippen LogP contribution in [-0.4, -0.2) is 42.4 Å². The number of ether oxygens (including phenoxy) is 1. The molecule has 2 atom stereocenters. The van der Waals surface area contributed by atoms with E-state index in [0.717, 1.165) is 11.1 Å². The maximum atomic E-state index is 13.6. The molecule has 3 amide bonds. The second-order valence-corrected chi connectivity index (χ2v) is 10.3. The molecule has 0 aliphatic heterocycles. The molecule has 42 heavy (non-hydrogen) atoms. The molecule has 1 aromatic heterocycles. The number of carbonyl (C=O) groups is 3. The smallest absolute Gasteiger partial charge is 0.251 e. The van der Waals surface area contributed by atoms with Crippen LogP contribution >= 0.6 is 11.3 Å². The van der Waals surface area contributed by atoms with Crippen LogP contribution in [0.5, 0.6) is 5.75 Å². The van der Waals surface area contributed by atoms with Gasteiger partial charge in [0.2, 0.25) is 11.8 Å². The van der Waals surface area contributed by atoms with Crippen LogP contribution in [0.25, 0.3) is 0 Å². The number of hydrogen-bond donors (Lipinski definition) is 4. The van der Waals surface area contributed by atoms with E-state index in [4.69, 9.17) is 10.5 Å². The summed E-state index contributed by atoms with van der Waals surface area (Å²) in [5.74, 6) is -1.56. The van der Waals surface area contributed by atoms with E-state index in [1.54, 1.807) is 47.3 Å². The minimum Gasteiger partial charge on any atom is -0.494 e. The molecule has 4 aromatic rings. The van der Waals surface area contributed by atoms with Crippen molar-refractivity contribution in [3.8, 4) is 5.75 Å². The molecule has 1 heterocycles. The zero-order valence-electron chi connectivity index (χ0n) is 23.4. The molecule has 3 aromatic carbocycles. The predicted molar refractivity (Wildman–Crippen MR) is 163 cm³/mol. The largest absolute Gasteiger partial charge is 0.494 e. The van der Waals surface area contributed by atoms with Gasteiger partial charge >= 0.3 is 0 Å². The van der Waals surface area contributed by atoms with Gasteiger partial charge in [0.1, 0.15) is 5.75 Å². The van der Waals surface area contributed by atoms with Crippen LogP contribution in [0.2, 0.25) is 0 Å². The van der Waals surface area contributed by atoms with Gasteiger partial charge in [-0.25, -0.2) is 4.98 Å². The van der Waals surface area contributed by atoms with Crippen molar-refractivity contribution in [1.29, 1.82) is 0 Å². The van der Waals surface area contributed by atoms with Gasteiger partial charge in [-0.3, -0.25) is 14.4 Å². The average Bonchev–Trinajstić information content (AvgIpc) is 3.56. The van der Waals surface area contributed by atoms with Gasteiger partial charge in [0.15, 0.2) is 0 Å². The Hall–Kier alpha value is -4.54. The number of amides is 3. The first-order chi connectivity index (χ1) is 20.5. The monoisotopic (exact) mass is 585 g/mol. The summed E-state index contributed by atoms with van der Waals surface area (Å²) in [5, 5.41) is 10.6. The second-order valence-electron chi connectivity index (χ2n) is 9.58. The van der Waals surface area contributed by atoms with E-state index < -0.39 is 11.8 Å². The van der Waals surface area contributed by atoms with Crippen LogP contribution in [0.1, 0.15) is 51.5 Å².